The Bertz CT molecular complexity index is 572. The lowest BCUT2D eigenvalue weighted by molar-refractivity contribution is 0.108. The molecule has 17 heavy (non-hydrogen) atoms. The van der Waals surface area contributed by atoms with Crippen LogP contribution in [-0.2, 0) is 0 Å². The molecule has 0 bridgehead atoms. The van der Waals surface area contributed by atoms with Gasteiger partial charge in [0.05, 0.1) is 10.6 Å². The molecule has 1 aromatic carbocycles. The molecule has 86 valence electrons. The first-order valence-electron chi connectivity index (χ1n) is 4.55. The number of hydrogen-bond donors (Lipinski definition) is 0. The Morgan fingerprint density at radius 2 is 1.82 bits per heavy atom. The van der Waals surface area contributed by atoms with Crippen molar-refractivity contribution in [3.8, 4) is 11.1 Å². The minimum Gasteiger partial charge on any atom is -0.276 e. The Kier molecular flexibility index (Phi) is 3.36. The molecule has 0 aliphatic heterocycles. The van der Waals surface area contributed by atoms with Crippen molar-refractivity contribution >= 4 is 28.4 Å². The van der Waals surface area contributed by atoms with Crippen LogP contribution in [0, 0.1) is 6.08 Å². The molecule has 1 aromatic heterocycles. The second-order valence-corrected chi connectivity index (χ2v) is 3.96. The van der Waals surface area contributed by atoms with Gasteiger partial charge in [0.2, 0.25) is 0 Å². The molecule has 1 heterocycles. The third-order valence-corrected chi connectivity index (χ3v) is 2.66. The molecule has 0 spiro atoms. The molecule has 0 aliphatic carbocycles. The first-order valence-corrected chi connectivity index (χ1v) is 5.31. The summed E-state index contributed by atoms with van der Waals surface area (Å²) in [5.74, 6) is 0. The van der Waals surface area contributed by atoms with Crippen LogP contribution in [0.4, 0.5) is 4.39 Å². The predicted molar refractivity (Wildman–Crippen MR) is 62.6 cm³/mol. The number of benzene rings is 1. The smallest absolute Gasteiger partial charge is 0.276 e. The molecule has 3 nitrogen and oxygen atoms in total. The highest BCUT2D eigenvalue weighted by Gasteiger charge is 2.10. The van der Waals surface area contributed by atoms with Crippen molar-refractivity contribution in [1.82, 2.24) is 9.97 Å². The number of nitrogens with zero attached hydrogens (tertiary/aromatic N) is 2. The topological polar surface area (TPSA) is 42.9 Å². The predicted octanol–water partition coefficient (Wildman–Crippen LogP) is 3.32. The van der Waals surface area contributed by atoms with Crippen LogP contribution in [0.5, 0.6) is 0 Å². The van der Waals surface area contributed by atoms with Gasteiger partial charge in [0.1, 0.15) is 0 Å². The van der Waals surface area contributed by atoms with Crippen LogP contribution in [0.2, 0.25) is 5.02 Å². The molecule has 0 saturated carbocycles. The van der Waals surface area contributed by atoms with Gasteiger partial charge >= 0.3 is 6.08 Å². The summed E-state index contributed by atoms with van der Waals surface area (Å²) < 4.78 is 12.6. The van der Waals surface area contributed by atoms with Gasteiger partial charge in [-0.25, -0.2) is 9.97 Å². The van der Waals surface area contributed by atoms with Gasteiger partial charge in [-0.1, -0.05) is 17.7 Å². The molecular formula is C11H5Cl2FN2O. The minimum atomic E-state index is -0.809. The summed E-state index contributed by atoms with van der Waals surface area (Å²) in [6.07, 6.45) is 1.82. The standard InChI is InChI=1S/C11H5Cl2FN2O/c12-9-2-1-6(3-8(9)10(13)17)7-4-15-11(14)16-5-7/h1-5H. The highest BCUT2D eigenvalue weighted by Crippen LogP contribution is 2.25. The summed E-state index contributed by atoms with van der Waals surface area (Å²) in [6, 6.07) is 4.71. The van der Waals surface area contributed by atoms with Gasteiger partial charge in [-0.3, -0.25) is 4.79 Å². The van der Waals surface area contributed by atoms with Crippen molar-refractivity contribution in [3.05, 3.63) is 47.3 Å². The van der Waals surface area contributed by atoms with Crippen molar-refractivity contribution in [2.24, 2.45) is 0 Å². The fourth-order valence-corrected chi connectivity index (χ4v) is 1.72. The van der Waals surface area contributed by atoms with Gasteiger partial charge in [0.25, 0.3) is 5.24 Å². The van der Waals surface area contributed by atoms with E-state index in [2.05, 4.69) is 9.97 Å². The van der Waals surface area contributed by atoms with Crippen molar-refractivity contribution in [2.45, 2.75) is 0 Å². The summed E-state index contributed by atoms with van der Waals surface area (Å²) in [7, 11) is 0. The maximum absolute atomic E-state index is 12.6. The van der Waals surface area contributed by atoms with Crippen LogP contribution in [0.25, 0.3) is 11.1 Å². The molecule has 0 fully saturated rings. The van der Waals surface area contributed by atoms with Crippen LogP contribution in [0.1, 0.15) is 10.4 Å². The summed E-state index contributed by atoms with van der Waals surface area (Å²) in [6.45, 7) is 0. The van der Waals surface area contributed by atoms with Crippen LogP contribution < -0.4 is 0 Å². The second kappa shape index (κ2) is 4.77. The van der Waals surface area contributed by atoms with E-state index in [1.165, 1.54) is 24.5 Å². The maximum atomic E-state index is 12.6. The zero-order valence-electron chi connectivity index (χ0n) is 8.32. The van der Waals surface area contributed by atoms with Crippen LogP contribution in [-0.4, -0.2) is 15.2 Å². The molecule has 0 aliphatic rings. The first-order chi connectivity index (χ1) is 8.08. The van der Waals surface area contributed by atoms with E-state index >= 15 is 0 Å². The Morgan fingerprint density at radius 3 is 2.41 bits per heavy atom. The molecule has 0 atom stereocenters. The quantitative estimate of drug-likeness (QED) is 0.621. The minimum absolute atomic E-state index is 0.190. The van der Waals surface area contributed by atoms with E-state index in [1.807, 2.05) is 0 Å². The molecule has 0 unspecified atom stereocenters. The lowest BCUT2D eigenvalue weighted by atomic mass is 10.1. The molecule has 0 amide bonds. The molecule has 2 rings (SSSR count). The van der Waals surface area contributed by atoms with Crippen molar-refractivity contribution in [3.63, 3.8) is 0 Å². The van der Waals surface area contributed by atoms with Gasteiger partial charge < -0.3 is 0 Å². The van der Waals surface area contributed by atoms with Crippen molar-refractivity contribution in [2.75, 3.05) is 0 Å². The zero-order valence-corrected chi connectivity index (χ0v) is 9.84. The van der Waals surface area contributed by atoms with Gasteiger partial charge in [-0.15, -0.1) is 0 Å². The highest BCUT2D eigenvalue weighted by atomic mass is 35.5. The van der Waals surface area contributed by atoms with Crippen LogP contribution >= 0.6 is 23.2 Å². The van der Waals surface area contributed by atoms with E-state index in [9.17, 15) is 9.18 Å². The van der Waals surface area contributed by atoms with E-state index in [4.69, 9.17) is 23.2 Å². The first kappa shape index (κ1) is 12.0. The summed E-state index contributed by atoms with van der Waals surface area (Å²) in [4.78, 5) is 17.9. The van der Waals surface area contributed by atoms with Crippen molar-refractivity contribution in [1.29, 1.82) is 0 Å². The second-order valence-electron chi connectivity index (χ2n) is 3.21. The largest absolute Gasteiger partial charge is 0.308 e. The van der Waals surface area contributed by atoms with Crippen LogP contribution in [0.3, 0.4) is 0 Å². The molecule has 0 radical (unpaired) electrons. The number of rotatable bonds is 2. The molecular weight excluding hydrogens is 266 g/mol. The number of carbonyl (C=O) groups excluding carboxylic acids is 1. The lowest BCUT2D eigenvalue weighted by Crippen LogP contribution is -1.93. The third kappa shape index (κ3) is 2.60. The average Bonchev–Trinajstić information content (AvgIpc) is 2.30. The van der Waals surface area contributed by atoms with E-state index < -0.39 is 11.3 Å². The Balaban J connectivity index is 2.50. The Labute approximate surface area is 106 Å². The molecule has 0 N–H and O–H groups in total. The monoisotopic (exact) mass is 270 g/mol. The fraction of sp³-hybridized carbons (Fsp3) is 0. The summed E-state index contributed by atoms with van der Waals surface area (Å²) in [5.41, 5.74) is 1.40. The molecule has 6 heteroatoms. The third-order valence-electron chi connectivity index (χ3n) is 2.13. The normalized spacial score (nSPS) is 10.3. The maximum Gasteiger partial charge on any atom is 0.308 e. The Hall–Kier alpha value is -1.52. The lowest BCUT2D eigenvalue weighted by Gasteiger charge is -2.03. The number of halogens is 3. The van der Waals surface area contributed by atoms with E-state index in [1.54, 1.807) is 6.07 Å². The number of carbonyl (C=O) groups is 1. The SMILES string of the molecule is O=C(Cl)c1cc(-c2cnc(F)nc2)ccc1Cl. The Morgan fingerprint density at radius 1 is 1.18 bits per heavy atom. The van der Waals surface area contributed by atoms with E-state index in [0.29, 0.717) is 11.1 Å². The molecule has 2 aromatic rings. The summed E-state index contributed by atoms with van der Waals surface area (Å²) in [5, 5.41) is -0.392. The zero-order chi connectivity index (χ0) is 12.4. The van der Waals surface area contributed by atoms with Gasteiger partial charge in [0.15, 0.2) is 0 Å². The van der Waals surface area contributed by atoms with Crippen molar-refractivity contribution < 1.29 is 9.18 Å². The number of hydrogen-bond acceptors (Lipinski definition) is 3. The van der Waals surface area contributed by atoms with E-state index in [0.717, 1.165) is 0 Å². The molecule has 0 saturated heterocycles. The van der Waals surface area contributed by atoms with Gasteiger partial charge in [-0.2, -0.15) is 4.39 Å². The fourth-order valence-electron chi connectivity index (χ4n) is 1.32. The van der Waals surface area contributed by atoms with E-state index in [-0.39, 0.29) is 10.6 Å². The van der Waals surface area contributed by atoms with Gasteiger partial charge in [0, 0.05) is 18.0 Å². The average molecular weight is 271 g/mol. The highest BCUT2D eigenvalue weighted by molar-refractivity contribution is 6.68. The number of aromatic nitrogens is 2. The van der Waals surface area contributed by atoms with Gasteiger partial charge in [-0.05, 0) is 29.3 Å². The summed E-state index contributed by atoms with van der Waals surface area (Å²) >= 11 is 11.2. The van der Waals surface area contributed by atoms with Crippen LogP contribution in [0.15, 0.2) is 30.6 Å².